The number of carboxylic acids is 1. The summed E-state index contributed by atoms with van der Waals surface area (Å²) in [5, 5.41) is 43.7. The third kappa shape index (κ3) is 48.6. The minimum absolute atomic E-state index is 0. The van der Waals surface area contributed by atoms with Gasteiger partial charge in [-0.2, -0.15) is 70.6 Å². The zero-order chi connectivity index (χ0) is 47.9. The van der Waals surface area contributed by atoms with Crippen molar-refractivity contribution >= 4 is 106 Å². The van der Waals surface area contributed by atoms with E-state index in [-0.39, 0.29) is 40.4 Å². The summed E-state index contributed by atoms with van der Waals surface area (Å²) in [4.78, 5) is 67.5. The van der Waals surface area contributed by atoms with Gasteiger partial charge >= 0.3 is 41.5 Å². The minimum Gasteiger partial charge on any atom is -0.479 e. The Morgan fingerprint density at radius 2 is 0.812 bits per heavy atom. The molecular formula is C39H85O19S6+5. The van der Waals surface area contributed by atoms with Crippen LogP contribution >= 0.6 is 70.6 Å². The van der Waals surface area contributed by atoms with E-state index < -0.39 is 72.4 Å². The lowest BCUT2D eigenvalue weighted by atomic mass is 10.2. The highest BCUT2D eigenvalue weighted by atomic mass is 32.2. The Balaban J connectivity index is -0.0000000686. The number of carboxylic acid groups (broad SMARTS) is 1. The lowest BCUT2D eigenvalue weighted by molar-refractivity contribution is -0.195. The average Bonchev–Trinajstić information content (AvgIpc) is 3.18. The quantitative estimate of drug-likeness (QED) is 0.0498. The summed E-state index contributed by atoms with van der Waals surface area (Å²) in [6.45, 7) is 10.4. The van der Waals surface area contributed by atoms with Crippen LogP contribution < -0.4 is 0 Å². The number of cyclic esters (lactones) is 2. The fourth-order valence-corrected chi connectivity index (χ4v) is 6.39. The van der Waals surface area contributed by atoms with Crippen molar-refractivity contribution in [3.05, 3.63) is 0 Å². The number of carbonyl (C=O) groups is 6. The second kappa shape index (κ2) is 51.0. The number of aliphatic hydroxyl groups excluding tert-OH is 4. The van der Waals surface area contributed by atoms with Crippen molar-refractivity contribution in [2.45, 2.75) is 135 Å². The molecule has 0 radical (unpaired) electrons. The smallest absolute Gasteiger partial charge is 0.479 e. The number of aliphatic carboxylic acids is 1. The van der Waals surface area contributed by atoms with Crippen molar-refractivity contribution in [3.8, 4) is 0 Å². The van der Waals surface area contributed by atoms with Gasteiger partial charge in [-0.15, -0.1) is 0 Å². The van der Waals surface area contributed by atoms with E-state index in [2.05, 4.69) is 0 Å². The fourth-order valence-electron chi connectivity index (χ4n) is 3.67. The number of hydrogen-bond donors (Lipinski definition) is 5. The predicted molar refractivity (Wildman–Crippen MR) is 270 cm³/mol. The summed E-state index contributed by atoms with van der Waals surface area (Å²) in [6, 6.07) is 0. The predicted octanol–water partition coefficient (Wildman–Crippen LogP) is 2.55. The summed E-state index contributed by atoms with van der Waals surface area (Å²) in [5.74, 6) is 0.578. The van der Waals surface area contributed by atoms with Crippen LogP contribution in [-0.2, 0) is 57.9 Å². The van der Waals surface area contributed by atoms with Gasteiger partial charge in [-0.1, -0.05) is 0 Å². The van der Waals surface area contributed by atoms with Gasteiger partial charge in [0.25, 0.3) is 0 Å². The van der Waals surface area contributed by atoms with Crippen molar-refractivity contribution in [1.82, 2.24) is 0 Å². The lowest BCUT2D eigenvalue weighted by Gasteiger charge is -2.27. The molecule has 1 aliphatic rings. The minimum atomic E-state index is -1.19. The standard InChI is InChI=1S/C13H24O5S2.C10H16O4S2.C8H16O3S.C5H10O3S.C3H8O.3H2O/c1-9(2)17-13(16)11(6-8-20-4)18-12(15)10(14)5-7-19-3;1-15-5-3-7-9(11)14-8(4-6-16-2)10(12)13-7;1-6(2)11-8(10)7(9)4-5-12-3;1-9-3-2-4(6)5(7)8;1-3(2)4;;;/h9-11,14H,5-8H2,1-4H3;7-8H,3-6H2,1-2H3;6-7,9H,4-5H2,1-3H3;4,6H,2-3H2,1H3,(H,7,8);3-4H,1-2H3;3*1H2/p+5. The zero-order valence-corrected chi connectivity index (χ0v) is 44.3. The van der Waals surface area contributed by atoms with Crippen LogP contribution in [0.2, 0.25) is 0 Å². The highest BCUT2D eigenvalue weighted by Gasteiger charge is 2.37. The SMILES string of the molecule is CC(C)O.CSCCC(O)C(=O)O.CSCCC(O)C(=O)OC(C)C.CSCCC(O)C(=O)OC(CCSC)C(=O)OC(C)C.CSCCC1OC(=O)C(CCSC)OC1=O.O.O.[H+].[H+].[H+].[H+].[OH3+]. The molecular weight excluding hydrogens is 965 g/mol. The topological polar surface area (TPSA) is 346 Å². The molecule has 12 N–H and O–H groups in total. The molecule has 0 amide bonds. The van der Waals surface area contributed by atoms with Gasteiger partial charge in [0.05, 0.1) is 12.2 Å². The maximum Gasteiger partial charge on any atom is 1.00 e. The molecule has 1 rings (SSSR count). The first kappa shape index (κ1) is 76.9. The molecule has 25 heteroatoms. The van der Waals surface area contributed by atoms with Crippen LogP contribution in [0.5, 0.6) is 0 Å². The summed E-state index contributed by atoms with van der Waals surface area (Å²) < 4.78 is 25.1. The molecule has 0 bridgehead atoms. The first-order chi connectivity index (χ1) is 28.6. The van der Waals surface area contributed by atoms with Crippen LogP contribution in [0.4, 0.5) is 0 Å². The van der Waals surface area contributed by atoms with Crippen LogP contribution in [-0.4, -0.2) is 199 Å². The van der Waals surface area contributed by atoms with Crippen molar-refractivity contribution in [2.24, 2.45) is 0 Å². The van der Waals surface area contributed by atoms with E-state index in [1.165, 1.54) is 23.5 Å². The first-order valence-electron chi connectivity index (χ1n) is 19.5. The highest BCUT2D eigenvalue weighted by Crippen LogP contribution is 2.18. The Hall–Kier alpha value is -1.36. The second-order valence-electron chi connectivity index (χ2n) is 13.4. The van der Waals surface area contributed by atoms with E-state index in [9.17, 15) is 39.0 Å². The number of hydrogen-bond acceptors (Lipinski definition) is 21. The van der Waals surface area contributed by atoms with E-state index in [0.717, 1.165) is 17.3 Å². The highest BCUT2D eigenvalue weighted by molar-refractivity contribution is 7.99. The molecule has 0 aromatic heterocycles. The summed E-state index contributed by atoms with van der Waals surface area (Å²) in [5.41, 5.74) is 0. The van der Waals surface area contributed by atoms with Crippen LogP contribution in [0.25, 0.3) is 0 Å². The maximum absolute atomic E-state index is 11.8. The van der Waals surface area contributed by atoms with Crippen LogP contribution in [0, 0.1) is 0 Å². The normalized spacial score (nSPS) is 15.5. The molecule has 1 fully saturated rings. The molecule has 386 valence electrons. The van der Waals surface area contributed by atoms with Crippen molar-refractivity contribution in [2.75, 3.05) is 72.1 Å². The summed E-state index contributed by atoms with van der Waals surface area (Å²) in [7, 11) is 0. The van der Waals surface area contributed by atoms with E-state index in [4.69, 9.17) is 39.0 Å². The third-order valence-corrected chi connectivity index (χ3v) is 10.5. The van der Waals surface area contributed by atoms with Gasteiger partial charge in [0.15, 0.2) is 36.6 Å². The fraction of sp³-hybridized carbons (Fsp3) is 0.846. The van der Waals surface area contributed by atoms with Gasteiger partial charge in [-0.3, -0.25) is 0 Å². The Morgan fingerprint density at radius 3 is 1.11 bits per heavy atom. The van der Waals surface area contributed by atoms with Gasteiger partial charge in [-0.25, -0.2) is 28.8 Å². The zero-order valence-electron chi connectivity index (χ0n) is 43.4. The van der Waals surface area contributed by atoms with Gasteiger partial charge in [-0.05, 0) is 133 Å². The summed E-state index contributed by atoms with van der Waals surface area (Å²) >= 11 is 9.43. The Kier molecular flexibility index (Phi) is 61.3. The van der Waals surface area contributed by atoms with Crippen LogP contribution in [0.3, 0.4) is 0 Å². The third-order valence-electron chi connectivity index (χ3n) is 6.64. The molecule has 6 atom stereocenters. The van der Waals surface area contributed by atoms with E-state index >= 15 is 0 Å². The molecule has 1 saturated heterocycles. The van der Waals surface area contributed by atoms with E-state index in [1.807, 2.05) is 37.5 Å². The number of rotatable bonds is 25. The van der Waals surface area contributed by atoms with Crippen molar-refractivity contribution in [1.29, 1.82) is 0 Å². The molecule has 0 aliphatic carbocycles. The molecule has 64 heavy (non-hydrogen) atoms. The van der Waals surface area contributed by atoms with Crippen molar-refractivity contribution in [3.63, 3.8) is 0 Å². The average molecular weight is 1050 g/mol. The number of aliphatic hydroxyl groups is 4. The molecule has 0 spiro atoms. The van der Waals surface area contributed by atoms with Crippen molar-refractivity contribution < 1.29 is 100 Å². The molecule has 6 unspecified atom stereocenters. The number of ether oxygens (including phenoxy) is 5. The monoisotopic (exact) mass is 1050 g/mol. The van der Waals surface area contributed by atoms with E-state index in [1.54, 1.807) is 88.6 Å². The molecule has 1 heterocycles. The van der Waals surface area contributed by atoms with Gasteiger partial charge in [0.2, 0.25) is 0 Å². The van der Waals surface area contributed by atoms with Crippen LogP contribution in [0.15, 0.2) is 0 Å². The molecule has 0 saturated carbocycles. The summed E-state index contributed by atoms with van der Waals surface area (Å²) in [6.07, 6.45) is 7.76. The number of thioether (sulfide) groups is 6. The Bertz CT molecular complexity index is 1150. The largest absolute Gasteiger partial charge is 1.00 e. The maximum atomic E-state index is 11.8. The molecule has 0 aromatic carbocycles. The molecule has 0 aromatic rings. The lowest BCUT2D eigenvalue weighted by Crippen LogP contribution is -2.44. The Labute approximate surface area is 411 Å². The molecule has 19 nitrogen and oxygen atoms in total. The first-order valence-corrected chi connectivity index (χ1v) is 27.9. The Morgan fingerprint density at radius 1 is 0.531 bits per heavy atom. The van der Waals surface area contributed by atoms with E-state index in [0.29, 0.717) is 55.8 Å². The number of esters is 5. The number of carbonyl (C=O) groups excluding carboxylic acids is 5. The van der Waals surface area contributed by atoms with Gasteiger partial charge in [0, 0.05) is 25.4 Å². The second-order valence-corrected chi connectivity index (χ2v) is 19.3. The van der Waals surface area contributed by atoms with Gasteiger partial charge in [0.1, 0.15) is 0 Å². The molecule has 1 aliphatic heterocycles. The van der Waals surface area contributed by atoms with Crippen LogP contribution in [0.1, 0.15) is 85.8 Å². The van der Waals surface area contributed by atoms with Gasteiger partial charge < -0.3 is 65.6 Å².